The summed E-state index contributed by atoms with van der Waals surface area (Å²) in [6.07, 6.45) is 5.37. The molecule has 2 aliphatic heterocycles. The maximum atomic E-state index is 13.7. The molecule has 1 N–H and O–H groups in total. The van der Waals surface area contributed by atoms with Gasteiger partial charge in [0, 0.05) is 32.3 Å². The van der Waals surface area contributed by atoms with Crippen LogP contribution >= 0.6 is 0 Å². The fourth-order valence-corrected chi connectivity index (χ4v) is 4.59. The molecule has 0 radical (unpaired) electrons. The Morgan fingerprint density at radius 2 is 1.88 bits per heavy atom. The van der Waals surface area contributed by atoms with Crippen molar-refractivity contribution in [3.63, 3.8) is 0 Å². The van der Waals surface area contributed by atoms with E-state index in [1.165, 1.54) is 0 Å². The first-order valence-electron chi connectivity index (χ1n) is 11.4. The fraction of sp³-hybridized carbons (Fsp3) is 0.440. The van der Waals surface area contributed by atoms with Crippen molar-refractivity contribution in [3.05, 3.63) is 59.8 Å². The van der Waals surface area contributed by atoms with Crippen LogP contribution in [0, 0.1) is 12.8 Å². The van der Waals surface area contributed by atoms with Gasteiger partial charge in [0.2, 0.25) is 17.7 Å². The Balaban J connectivity index is 1.51. The molecule has 1 aromatic heterocycles. The number of benzene rings is 1. The highest BCUT2D eigenvalue weighted by atomic mass is 16.2. The van der Waals surface area contributed by atoms with E-state index >= 15 is 0 Å². The van der Waals surface area contributed by atoms with Gasteiger partial charge in [-0.05, 0) is 49.8 Å². The second-order valence-electron chi connectivity index (χ2n) is 8.64. The number of carbonyl (C=O) groups is 3. The quantitative estimate of drug-likeness (QED) is 0.783. The Morgan fingerprint density at radius 3 is 2.62 bits per heavy atom. The van der Waals surface area contributed by atoms with Crippen LogP contribution in [0.3, 0.4) is 0 Å². The van der Waals surface area contributed by atoms with Crippen molar-refractivity contribution < 1.29 is 14.4 Å². The van der Waals surface area contributed by atoms with E-state index in [0.29, 0.717) is 31.9 Å². The number of aryl methyl sites for hydroxylation is 1. The van der Waals surface area contributed by atoms with E-state index in [0.717, 1.165) is 36.8 Å². The molecule has 1 aromatic carbocycles. The Morgan fingerprint density at radius 1 is 1.06 bits per heavy atom. The van der Waals surface area contributed by atoms with Crippen LogP contribution in [0.25, 0.3) is 0 Å². The maximum absolute atomic E-state index is 13.7. The topological polar surface area (TPSA) is 82.6 Å². The van der Waals surface area contributed by atoms with Crippen LogP contribution in [0.2, 0.25) is 0 Å². The highest BCUT2D eigenvalue weighted by molar-refractivity contribution is 5.93. The number of piperidine rings is 2. The van der Waals surface area contributed by atoms with E-state index in [1.54, 1.807) is 16.0 Å². The molecular weight excluding hydrogens is 404 g/mol. The van der Waals surface area contributed by atoms with Crippen molar-refractivity contribution in [3.8, 4) is 0 Å². The van der Waals surface area contributed by atoms with Gasteiger partial charge in [-0.1, -0.05) is 36.4 Å². The van der Waals surface area contributed by atoms with Gasteiger partial charge in [-0.25, -0.2) is 4.98 Å². The summed E-state index contributed by atoms with van der Waals surface area (Å²) in [7, 11) is 0. The number of nitrogens with one attached hydrogen (secondary N) is 1. The summed E-state index contributed by atoms with van der Waals surface area (Å²) >= 11 is 0. The summed E-state index contributed by atoms with van der Waals surface area (Å²) in [5, 5.41) is 2.92. The zero-order valence-electron chi connectivity index (χ0n) is 18.5. The second kappa shape index (κ2) is 9.94. The van der Waals surface area contributed by atoms with Crippen LogP contribution in [0.15, 0.2) is 48.7 Å². The van der Waals surface area contributed by atoms with Gasteiger partial charge >= 0.3 is 0 Å². The number of pyridine rings is 1. The van der Waals surface area contributed by atoms with E-state index in [-0.39, 0.29) is 23.6 Å². The van der Waals surface area contributed by atoms with E-state index in [1.807, 2.05) is 49.4 Å². The summed E-state index contributed by atoms with van der Waals surface area (Å²) in [4.78, 5) is 47.1. The number of amides is 3. The van der Waals surface area contributed by atoms with Crippen LogP contribution in [0.4, 0.5) is 5.82 Å². The van der Waals surface area contributed by atoms with Crippen LogP contribution in [-0.2, 0) is 14.4 Å². The molecule has 4 rings (SSSR count). The predicted molar refractivity (Wildman–Crippen MR) is 122 cm³/mol. The minimum atomic E-state index is -0.635. The van der Waals surface area contributed by atoms with Crippen molar-refractivity contribution in [2.24, 2.45) is 5.92 Å². The van der Waals surface area contributed by atoms with Crippen LogP contribution in [0.1, 0.15) is 49.3 Å². The molecule has 7 nitrogen and oxygen atoms in total. The van der Waals surface area contributed by atoms with Gasteiger partial charge in [-0.2, -0.15) is 0 Å². The standard InChI is InChI=1S/C25H30N4O3/c1-18-9-7-14-26-23(18)27-24(31)20-12-8-15-28(17-20)25(32)22(19-10-3-2-4-11-19)29-16-6-5-13-21(29)30/h2-4,7,9-11,14,20,22H,5-6,8,12-13,15-17H2,1H3,(H,26,27,31). The number of carbonyl (C=O) groups excluding carboxylic acids is 3. The minimum Gasteiger partial charge on any atom is -0.340 e. The number of anilines is 1. The molecule has 0 aliphatic carbocycles. The minimum absolute atomic E-state index is 0.0235. The maximum Gasteiger partial charge on any atom is 0.250 e. The average molecular weight is 435 g/mol. The third-order valence-electron chi connectivity index (χ3n) is 6.38. The van der Waals surface area contributed by atoms with Gasteiger partial charge in [-0.3, -0.25) is 14.4 Å². The molecule has 2 fully saturated rings. The molecular formula is C25H30N4O3. The van der Waals surface area contributed by atoms with Crippen molar-refractivity contribution >= 4 is 23.5 Å². The summed E-state index contributed by atoms with van der Waals surface area (Å²) in [5.74, 6) is 0.0626. The predicted octanol–water partition coefficient (Wildman–Crippen LogP) is 3.32. The SMILES string of the molecule is Cc1cccnc1NC(=O)C1CCCN(C(=O)C(c2ccccc2)N2CCCCC2=O)C1. The lowest BCUT2D eigenvalue weighted by molar-refractivity contribution is -0.149. The molecule has 0 spiro atoms. The van der Waals surface area contributed by atoms with E-state index in [4.69, 9.17) is 0 Å². The molecule has 2 aromatic rings. The monoisotopic (exact) mass is 434 g/mol. The number of hydrogen-bond acceptors (Lipinski definition) is 4. The van der Waals surface area contributed by atoms with Crippen LogP contribution in [-0.4, -0.2) is 52.1 Å². The average Bonchev–Trinajstić information content (AvgIpc) is 2.82. The lowest BCUT2D eigenvalue weighted by Gasteiger charge is -2.39. The Bertz CT molecular complexity index is 978. The van der Waals surface area contributed by atoms with Gasteiger partial charge < -0.3 is 15.1 Å². The third kappa shape index (κ3) is 4.82. The summed E-state index contributed by atoms with van der Waals surface area (Å²) in [6, 6.07) is 12.6. The number of likely N-dealkylation sites (tertiary alicyclic amines) is 2. The molecule has 2 saturated heterocycles. The first-order chi connectivity index (χ1) is 15.5. The lowest BCUT2D eigenvalue weighted by atomic mass is 9.94. The molecule has 0 bridgehead atoms. The van der Waals surface area contributed by atoms with Gasteiger partial charge in [0.05, 0.1) is 5.92 Å². The molecule has 2 atom stereocenters. The molecule has 0 saturated carbocycles. The highest BCUT2D eigenvalue weighted by Crippen LogP contribution is 2.30. The zero-order valence-corrected chi connectivity index (χ0v) is 18.5. The number of nitrogens with zero attached hydrogens (tertiary/aromatic N) is 3. The molecule has 3 amide bonds. The van der Waals surface area contributed by atoms with Crippen molar-refractivity contribution in [1.29, 1.82) is 0 Å². The third-order valence-corrected chi connectivity index (χ3v) is 6.38. The van der Waals surface area contributed by atoms with Crippen LogP contribution in [0.5, 0.6) is 0 Å². The van der Waals surface area contributed by atoms with E-state index in [2.05, 4.69) is 10.3 Å². The van der Waals surface area contributed by atoms with E-state index < -0.39 is 6.04 Å². The largest absolute Gasteiger partial charge is 0.340 e. The van der Waals surface area contributed by atoms with Crippen molar-refractivity contribution in [2.45, 2.75) is 45.1 Å². The lowest BCUT2D eigenvalue weighted by Crippen LogP contribution is -2.50. The Labute approximate surface area is 188 Å². The van der Waals surface area contributed by atoms with Gasteiger partial charge in [0.15, 0.2) is 0 Å². The Hall–Kier alpha value is -3.22. The summed E-state index contributed by atoms with van der Waals surface area (Å²) in [6.45, 7) is 3.43. The molecule has 168 valence electrons. The van der Waals surface area contributed by atoms with E-state index in [9.17, 15) is 14.4 Å². The fourth-order valence-electron chi connectivity index (χ4n) is 4.59. The number of rotatable bonds is 5. The number of hydrogen-bond donors (Lipinski definition) is 1. The summed E-state index contributed by atoms with van der Waals surface area (Å²) in [5.41, 5.74) is 1.72. The molecule has 7 heteroatoms. The first-order valence-corrected chi connectivity index (χ1v) is 11.4. The zero-order chi connectivity index (χ0) is 22.5. The number of aromatic nitrogens is 1. The van der Waals surface area contributed by atoms with Crippen molar-refractivity contribution in [1.82, 2.24) is 14.8 Å². The molecule has 2 unspecified atom stereocenters. The van der Waals surface area contributed by atoms with Crippen molar-refractivity contribution in [2.75, 3.05) is 25.0 Å². The first kappa shape index (κ1) is 22.0. The Kier molecular flexibility index (Phi) is 6.83. The molecule has 2 aliphatic rings. The highest BCUT2D eigenvalue weighted by Gasteiger charge is 2.38. The second-order valence-corrected chi connectivity index (χ2v) is 8.64. The van der Waals surface area contributed by atoms with Gasteiger partial charge in [-0.15, -0.1) is 0 Å². The molecule has 32 heavy (non-hydrogen) atoms. The summed E-state index contributed by atoms with van der Waals surface area (Å²) < 4.78 is 0. The van der Waals surface area contributed by atoms with Gasteiger partial charge in [0.1, 0.15) is 11.9 Å². The molecule has 3 heterocycles. The normalized spacial score (nSPS) is 20.0. The van der Waals surface area contributed by atoms with Crippen LogP contribution < -0.4 is 5.32 Å². The smallest absolute Gasteiger partial charge is 0.250 e. The van der Waals surface area contributed by atoms with Gasteiger partial charge in [0.25, 0.3) is 0 Å².